The molecule has 0 aliphatic heterocycles. The Morgan fingerprint density at radius 3 is 2.47 bits per heavy atom. The Bertz CT molecular complexity index is 477. The summed E-state index contributed by atoms with van der Waals surface area (Å²) < 4.78 is 13.1. The van der Waals surface area contributed by atoms with Gasteiger partial charge in [0.15, 0.2) is 0 Å². The third-order valence-electron chi connectivity index (χ3n) is 2.71. The molecule has 0 aliphatic rings. The number of aliphatic carboxylic acids is 1. The van der Waals surface area contributed by atoms with Crippen LogP contribution in [0.2, 0.25) is 0 Å². The second-order valence-electron chi connectivity index (χ2n) is 4.55. The van der Waals surface area contributed by atoms with Gasteiger partial charge in [0.25, 0.3) is 0 Å². The number of benzene rings is 1. The van der Waals surface area contributed by atoms with Crippen LogP contribution in [-0.4, -0.2) is 30.2 Å². The third kappa shape index (κ3) is 3.94. The van der Waals surface area contributed by atoms with E-state index in [-0.39, 0.29) is 5.92 Å². The average Bonchev–Trinajstić information content (AvgIpc) is 2.33. The lowest BCUT2D eigenvalue weighted by atomic mass is 10.1. The van der Waals surface area contributed by atoms with Crippen LogP contribution >= 0.6 is 0 Å². The lowest BCUT2D eigenvalue weighted by Gasteiger charge is -2.23. The highest BCUT2D eigenvalue weighted by Crippen LogP contribution is 2.14. The number of carboxylic acids is 1. The molecule has 1 unspecified atom stereocenters. The second-order valence-corrected chi connectivity index (χ2v) is 4.55. The molecule has 0 bridgehead atoms. The quantitative estimate of drug-likeness (QED) is 0.878. The van der Waals surface area contributed by atoms with Gasteiger partial charge in [-0.25, -0.2) is 14.0 Å². The molecule has 6 heteroatoms. The number of carbonyl (C=O) groups is 2. The summed E-state index contributed by atoms with van der Waals surface area (Å²) >= 11 is 0. The largest absolute Gasteiger partial charge is 0.480 e. The van der Waals surface area contributed by atoms with Crippen LogP contribution in [0.1, 0.15) is 13.8 Å². The highest BCUT2D eigenvalue weighted by atomic mass is 19.1. The molecule has 1 aromatic rings. The number of nitrogens with zero attached hydrogens (tertiary/aromatic N) is 1. The molecule has 104 valence electrons. The molecule has 0 aliphatic carbocycles. The van der Waals surface area contributed by atoms with Crippen molar-refractivity contribution in [2.75, 3.05) is 11.9 Å². The summed E-state index contributed by atoms with van der Waals surface area (Å²) in [6, 6.07) is 3.93. The van der Waals surface area contributed by atoms with E-state index in [9.17, 15) is 14.0 Å². The van der Waals surface area contributed by atoms with Crippen LogP contribution in [0.5, 0.6) is 0 Å². The summed E-state index contributed by atoms with van der Waals surface area (Å²) in [5, 5.41) is 11.4. The van der Waals surface area contributed by atoms with Crippen molar-refractivity contribution >= 4 is 17.7 Å². The molecule has 19 heavy (non-hydrogen) atoms. The maximum atomic E-state index is 13.1. The minimum atomic E-state index is -1.10. The van der Waals surface area contributed by atoms with E-state index in [1.807, 2.05) is 0 Å². The molecule has 0 saturated heterocycles. The van der Waals surface area contributed by atoms with E-state index in [0.29, 0.717) is 5.69 Å². The molecule has 1 aromatic carbocycles. The molecule has 0 spiro atoms. The van der Waals surface area contributed by atoms with Gasteiger partial charge in [0.05, 0.1) is 0 Å². The molecular weight excluding hydrogens is 251 g/mol. The fourth-order valence-electron chi connectivity index (χ4n) is 1.55. The van der Waals surface area contributed by atoms with Crippen molar-refractivity contribution in [2.24, 2.45) is 5.92 Å². The second kappa shape index (κ2) is 6.17. The fourth-order valence-corrected chi connectivity index (χ4v) is 1.55. The highest BCUT2D eigenvalue weighted by molar-refractivity contribution is 5.94. The Kier molecular flexibility index (Phi) is 4.86. The molecule has 0 aromatic heterocycles. The third-order valence-corrected chi connectivity index (χ3v) is 2.71. The van der Waals surface area contributed by atoms with Crippen molar-refractivity contribution < 1.29 is 19.1 Å². The molecule has 2 N–H and O–H groups in total. The first kappa shape index (κ1) is 14.9. The van der Waals surface area contributed by atoms with Crippen LogP contribution in [0.4, 0.5) is 14.9 Å². The highest BCUT2D eigenvalue weighted by Gasteiger charge is 2.25. The topological polar surface area (TPSA) is 69.6 Å². The monoisotopic (exact) mass is 268 g/mol. The van der Waals surface area contributed by atoms with Gasteiger partial charge in [-0.15, -0.1) is 0 Å². The van der Waals surface area contributed by atoms with Gasteiger partial charge >= 0.3 is 12.0 Å². The lowest BCUT2D eigenvalue weighted by molar-refractivity contribution is -0.140. The van der Waals surface area contributed by atoms with Crippen LogP contribution < -0.4 is 10.2 Å². The Morgan fingerprint density at radius 2 is 2.00 bits per heavy atom. The summed E-state index contributed by atoms with van der Waals surface area (Å²) in [6.45, 7) is 3.39. The number of carboxylic acid groups (broad SMARTS) is 1. The Labute approximate surface area is 111 Å². The van der Waals surface area contributed by atoms with E-state index in [1.165, 1.54) is 30.1 Å². The number of hydrogen-bond donors (Lipinski definition) is 2. The molecule has 0 saturated carbocycles. The predicted octanol–water partition coefficient (Wildman–Crippen LogP) is 2.08. The van der Waals surface area contributed by atoms with E-state index in [2.05, 4.69) is 5.32 Å². The number of carbonyl (C=O) groups excluding carboxylic acids is 1. The van der Waals surface area contributed by atoms with Crippen molar-refractivity contribution in [2.45, 2.75) is 19.9 Å². The van der Waals surface area contributed by atoms with Gasteiger partial charge in [0.1, 0.15) is 11.9 Å². The normalized spacial score (nSPS) is 12.1. The van der Waals surface area contributed by atoms with E-state index in [4.69, 9.17) is 5.11 Å². The summed E-state index contributed by atoms with van der Waals surface area (Å²) in [5.74, 6) is -1.81. The van der Waals surface area contributed by atoms with Gasteiger partial charge in [-0.2, -0.15) is 0 Å². The number of anilines is 1. The number of urea groups is 1. The van der Waals surface area contributed by atoms with Crippen LogP contribution in [0, 0.1) is 11.7 Å². The summed E-state index contributed by atoms with van der Waals surface area (Å²) in [4.78, 5) is 24.1. The van der Waals surface area contributed by atoms with Crippen LogP contribution in [0.25, 0.3) is 0 Å². The van der Waals surface area contributed by atoms with Crippen molar-refractivity contribution in [1.29, 1.82) is 0 Å². The average molecular weight is 268 g/mol. The maximum absolute atomic E-state index is 13.1. The first-order valence-corrected chi connectivity index (χ1v) is 5.85. The number of rotatable bonds is 4. The molecule has 1 rings (SSSR count). The number of amides is 2. The zero-order valence-electron chi connectivity index (χ0n) is 11.1. The van der Waals surface area contributed by atoms with Crippen molar-refractivity contribution in [3.63, 3.8) is 0 Å². The number of nitrogens with one attached hydrogen (secondary N) is 1. The van der Waals surface area contributed by atoms with Gasteiger partial charge in [-0.05, 0) is 24.1 Å². The minimum Gasteiger partial charge on any atom is -0.480 e. The molecule has 2 amide bonds. The minimum absolute atomic E-state index is 0.248. The zero-order valence-corrected chi connectivity index (χ0v) is 11.1. The molecule has 5 nitrogen and oxygen atoms in total. The van der Waals surface area contributed by atoms with Gasteiger partial charge in [0, 0.05) is 12.7 Å². The number of hydrogen-bond acceptors (Lipinski definition) is 2. The van der Waals surface area contributed by atoms with Crippen LogP contribution in [0.3, 0.4) is 0 Å². The van der Waals surface area contributed by atoms with Gasteiger partial charge < -0.3 is 10.4 Å². The molecule has 0 heterocycles. The number of halogens is 1. The predicted molar refractivity (Wildman–Crippen MR) is 69.6 cm³/mol. The van der Waals surface area contributed by atoms with Gasteiger partial charge in [0.2, 0.25) is 0 Å². The Hall–Kier alpha value is -2.11. The van der Waals surface area contributed by atoms with E-state index < -0.39 is 23.9 Å². The SMILES string of the molecule is CC(C)C(NC(=O)N(C)c1cccc(F)c1)C(=O)O. The standard InChI is InChI=1S/C13H17FN2O3/c1-8(2)11(12(17)18)15-13(19)16(3)10-6-4-5-9(14)7-10/h4-8,11H,1-3H3,(H,15,19)(H,17,18). The fraction of sp³-hybridized carbons (Fsp3) is 0.385. The van der Waals surface area contributed by atoms with Crippen molar-refractivity contribution in [3.8, 4) is 0 Å². The maximum Gasteiger partial charge on any atom is 0.326 e. The molecule has 0 fully saturated rings. The summed E-state index contributed by atoms with van der Waals surface area (Å²) in [7, 11) is 1.45. The lowest BCUT2D eigenvalue weighted by Crippen LogP contribution is -2.49. The Balaban J connectivity index is 2.80. The molecule has 1 atom stereocenters. The summed E-state index contributed by atoms with van der Waals surface area (Å²) in [6.07, 6.45) is 0. The van der Waals surface area contributed by atoms with E-state index in [1.54, 1.807) is 19.9 Å². The van der Waals surface area contributed by atoms with Crippen LogP contribution in [-0.2, 0) is 4.79 Å². The molecule has 0 radical (unpaired) electrons. The van der Waals surface area contributed by atoms with Gasteiger partial charge in [-0.3, -0.25) is 4.90 Å². The van der Waals surface area contributed by atoms with E-state index in [0.717, 1.165) is 0 Å². The Morgan fingerprint density at radius 1 is 1.37 bits per heavy atom. The summed E-state index contributed by atoms with van der Waals surface area (Å²) in [5.41, 5.74) is 0.352. The van der Waals surface area contributed by atoms with Gasteiger partial charge in [-0.1, -0.05) is 19.9 Å². The van der Waals surface area contributed by atoms with Crippen molar-refractivity contribution in [1.82, 2.24) is 5.32 Å². The smallest absolute Gasteiger partial charge is 0.326 e. The van der Waals surface area contributed by atoms with E-state index >= 15 is 0 Å². The first-order chi connectivity index (χ1) is 8.82. The van der Waals surface area contributed by atoms with Crippen molar-refractivity contribution in [3.05, 3.63) is 30.1 Å². The van der Waals surface area contributed by atoms with Crippen LogP contribution in [0.15, 0.2) is 24.3 Å². The first-order valence-electron chi connectivity index (χ1n) is 5.85. The molecular formula is C13H17FN2O3. The zero-order chi connectivity index (χ0) is 14.6.